The molecule has 1 N–H and O–H groups in total. The molecule has 27 heavy (non-hydrogen) atoms. The smallest absolute Gasteiger partial charge is 0.305 e. The lowest BCUT2D eigenvalue weighted by atomic mass is 10.1. The van der Waals surface area contributed by atoms with Crippen molar-refractivity contribution in [2.45, 2.75) is 26.1 Å². The molecule has 1 unspecified atom stereocenters. The Hall–Kier alpha value is -3.17. The van der Waals surface area contributed by atoms with Gasteiger partial charge in [0.15, 0.2) is 0 Å². The first-order valence-electron chi connectivity index (χ1n) is 7.98. The molecule has 2 aromatic rings. The normalized spacial score (nSPS) is 16.9. The number of nitrogens with zero attached hydrogens (tertiary/aromatic N) is 3. The number of amides is 3. The lowest BCUT2D eigenvalue weighted by Crippen LogP contribution is -2.44. The summed E-state index contributed by atoms with van der Waals surface area (Å²) in [5, 5.41) is 6.12. The maximum atomic E-state index is 12.9. The number of alkyl halides is 3. The average molecular weight is 380 g/mol. The van der Waals surface area contributed by atoms with Gasteiger partial charge in [0.25, 0.3) is 11.8 Å². The summed E-state index contributed by atoms with van der Waals surface area (Å²) in [6.45, 7) is 3.09. The van der Waals surface area contributed by atoms with E-state index in [4.69, 9.17) is 0 Å². The first-order valence-corrected chi connectivity index (χ1v) is 7.98. The molecule has 2 heterocycles. The topological polar surface area (TPSA) is 84.3 Å². The second kappa shape index (κ2) is 6.53. The molecule has 0 aliphatic carbocycles. The summed E-state index contributed by atoms with van der Waals surface area (Å²) < 4.78 is 39.6. The number of rotatable bonds is 2. The van der Waals surface area contributed by atoms with Gasteiger partial charge in [-0.05, 0) is 31.2 Å². The SMILES string of the molecule is CC(=O)NC(=O)c1cnn2c1C(=O)N(c1ccc(C(F)(F)F)cc1)CC2C. The van der Waals surface area contributed by atoms with Crippen LogP contribution in [0.2, 0.25) is 0 Å². The Kier molecular flexibility index (Phi) is 4.50. The molecule has 1 aliphatic rings. The van der Waals surface area contributed by atoms with Crippen molar-refractivity contribution in [2.24, 2.45) is 0 Å². The molecule has 1 aromatic carbocycles. The van der Waals surface area contributed by atoms with Crippen LogP contribution >= 0.6 is 0 Å². The van der Waals surface area contributed by atoms with Crippen LogP contribution in [-0.4, -0.2) is 34.0 Å². The molecule has 0 fully saturated rings. The Balaban J connectivity index is 1.97. The average Bonchev–Trinajstić information content (AvgIpc) is 3.03. The van der Waals surface area contributed by atoms with Crippen LogP contribution in [0.3, 0.4) is 0 Å². The summed E-state index contributed by atoms with van der Waals surface area (Å²) in [5.41, 5.74) is -0.647. The first-order chi connectivity index (χ1) is 12.6. The van der Waals surface area contributed by atoms with E-state index < -0.39 is 29.5 Å². The summed E-state index contributed by atoms with van der Waals surface area (Å²) in [6, 6.07) is 3.87. The van der Waals surface area contributed by atoms with Crippen LogP contribution in [0.4, 0.5) is 18.9 Å². The van der Waals surface area contributed by atoms with Gasteiger partial charge in [0, 0.05) is 19.2 Å². The van der Waals surface area contributed by atoms with Crippen molar-refractivity contribution in [1.82, 2.24) is 15.1 Å². The van der Waals surface area contributed by atoms with Crippen molar-refractivity contribution in [1.29, 1.82) is 0 Å². The first kappa shape index (κ1) is 18.6. The number of benzene rings is 1. The molecule has 0 radical (unpaired) electrons. The molecule has 1 atom stereocenters. The van der Waals surface area contributed by atoms with E-state index in [1.807, 2.05) is 0 Å². The molecule has 3 amide bonds. The van der Waals surface area contributed by atoms with Crippen molar-refractivity contribution in [2.75, 3.05) is 11.4 Å². The molecule has 3 rings (SSSR count). The molecular formula is C17H15F3N4O3. The predicted molar refractivity (Wildman–Crippen MR) is 88.2 cm³/mol. The fraction of sp³-hybridized carbons (Fsp3) is 0.294. The third kappa shape index (κ3) is 3.42. The summed E-state index contributed by atoms with van der Waals surface area (Å²) in [5.74, 6) is -1.94. The van der Waals surface area contributed by atoms with Gasteiger partial charge in [-0.3, -0.25) is 24.4 Å². The number of halogens is 3. The fourth-order valence-electron chi connectivity index (χ4n) is 2.91. The van der Waals surface area contributed by atoms with Crippen LogP contribution in [0.25, 0.3) is 0 Å². The van der Waals surface area contributed by atoms with E-state index in [-0.39, 0.29) is 29.5 Å². The van der Waals surface area contributed by atoms with Gasteiger partial charge >= 0.3 is 6.18 Å². The third-order valence-corrected chi connectivity index (χ3v) is 4.15. The zero-order valence-electron chi connectivity index (χ0n) is 14.4. The van der Waals surface area contributed by atoms with Gasteiger partial charge in [0.05, 0.1) is 23.4 Å². The largest absolute Gasteiger partial charge is 0.416 e. The molecule has 1 aliphatic heterocycles. The zero-order chi connectivity index (χ0) is 19.9. The highest BCUT2D eigenvalue weighted by molar-refractivity contribution is 6.15. The highest BCUT2D eigenvalue weighted by atomic mass is 19.4. The quantitative estimate of drug-likeness (QED) is 0.867. The van der Waals surface area contributed by atoms with Crippen molar-refractivity contribution in [3.05, 3.63) is 47.3 Å². The van der Waals surface area contributed by atoms with Gasteiger partial charge in [-0.25, -0.2) is 0 Å². The van der Waals surface area contributed by atoms with Crippen molar-refractivity contribution in [3.63, 3.8) is 0 Å². The number of nitrogens with one attached hydrogen (secondary N) is 1. The van der Waals surface area contributed by atoms with Crippen LogP contribution in [0.15, 0.2) is 30.5 Å². The van der Waals surface area contributed by atoms with Crippen LogP contribution < -0.4 is 10.2 Å². The van der Waals surface area contributed by atoms with E-state index in [1.165, 1.54) is 27.9 Å². The second-order valence-electron chi connectivity index (χ2n) is 6.17. The van der Waals surface area contributed by atoms with Gasteiger partial charge in [-0.2, -0.15) is 18.3 Å². The zero-order valence-corrected chi connectivity index (χ0v) is 14.4. The van der Waals surface area contributed by atoms with E-state index >= 15 is 0 Å². The molecule has 0 bridgehead atoms. The van der Waals surface area contributed by atoms with Gasteiger partial charge in [-0.15, -0.1) is 0 Å². The van der Waals surface area contributed by atoms with Crippen molar-refractivity contribution < 1.29 is 27.6 Å². The van der Waals surface area contributed by atoms with Crippen LogP contribution in [-0.2, 0) is 11.0 Å². The van der Waals surface area contributed by atoms with Crippen molar-refractivity contribution >= 4 is 23.4 Å². The lowest BCUT2D eigenvalue weighted by Gasteiger charge is -2.32. The van der Waals surface area contributed by atoms with Crippen LogP contribution in [0, 0.1) is 0 Å². The number of aromatic nitrogens is 2. The number of hydrogen-bond acceptors (Lipinski definition) is 4. The van der Waals surface area contributed by atoms with Crippen LogP contribution in [0.5, 0.6) is 0 Å². The molecule has 0 saturated heterocycles. The molecule has 0 spiro atoms. The number of carbonyl (C=O) groups excluding carboxylic acids is 3. The number of imide groups is 1. The van der Waals surface area contributed by atoms with Gasteiger partial charge in [0.2, 0.25) is 5.91 Å². The minimum Gasteiger partial charge on any atom is -0.305 e. The van der Waals surface area contributed by atoms with Crippen LogP contribution in [0.1, 0.15) is 46.3 Å². The maximum absolute atomic E-state index is 12.9. The monoisotopic (exact) mass is 380 g/mol. The molecule has 10 heteroatoms. The molecule has 142 valence electrons. The van der Waals surface area contributed by atoms with E-state index in [2.05, 4.69) is 10.4 Å². The Morgan fingerprint density at radius 1 is 1.22 bits per heavy atom. The Labute approximate surface area is 151 Å². The molecule has 1 aromatic heterocycles. The second-order valence-corrected chi connectivity index (χ2v) is 6.17. The van der Waals surface area contributed by atoms with E-state index in [0.29, 0.717) is 0 Å². The Morgan fingerprint density at radius 2 is 1.85 bits per heavy atom. The lowest BCUT2D eigenvalue weighted by molar-refractivity contribution is -0.137. The van der Waals surface area contributed by atoms with E-state index in [9.17, 15) is 27.6 Å². The van der Waals surface area contributed by atoms with E-state index in [0.717, 1.165) is 19.1 Å². The van der Waals surface area contributed by atoms with E-state index in [1.54, 1.807) is 6.92 Å². The minimum atomic E-state index is -4.48. The third-order valence-electron chi connectivity index (χ3n) is 4.15. The highest BCUT2D eigenvalue weighted by Gasteiger charge is 2.36. The summed E-state index contributed by atoms with van der Waals surface area (Å²) in [4.78, 5) is 37.5. The molecule has 7 nitrogen and oxygen atoms in total. The fourth-order valence-corrected chi connectivity index (χ4v) is 2.91. The summed E-state index contributed by atoms with van der Waals surface area (Å²) in [7, 11) is 0. The van der Waals surface area contributed by atoms with Gasteiger partial charge in [-0.1, -0.05) is 0 Å². The highest BCUT2D eigenvalue weighted by Crippen LogP contribution is 2.32. The van der Waals surface area contributed by atoms with Gasteiger partial charge in [0.1, 0.15) is 5.69 Å². The number of hydrogen-bond donors (Lipinski definition) is 1. The Morgan fingerprint density at radius 3 is 2.41 bits per heavy atom. The molecular weight excluding hydrogens is 365 g/mol. The minimum absolute atomic E-state index is 0.0209. The number of anilines is 1. The Bertz CT molecular complexity index is 918. The predicted octanol–water partition coefficient (Wildman–Crippen LogP) is 2.40. The molecule has 0 saturated carbocycles. The number of fused-ring (bicyclic) bond motifs is 1. The van der Waals surface area contributed by atoms with Crippen molar-refractivity contribution in [3.8, 4) is 0 Å². The summed E-state index contributed by atoms with van der Waals surface area (Å²) in [6.07, 6.45) is -3.29. The summed E-state index contributed by atoms with van der Waals surface area (Å²) >= 11 is 0. The number of carbonyl (C=O) groups is 3. The maximum Gasteiger partial charge on any atom is 0.416 e. The van der Waals surface area contributed by atoms with Gasteiger partial charge < -0.3 is 4.90 Å². The standard InChI is InChI=1S/C17H15F3N4O3/c1-9-8-23(12-5-3-11(4-6-12)17(18,19)20)16(27)14-13(7-21-24(9)14)15(26)22-10(2)25/h3-7,9H,8H2,1-2H3,(H,22,25,26).